The minimum absolute atomic E-state index is 0.0827. The summed E-state index contributed by atoms with van der Waals surface area (Å²) in [4.78, 5) is 2.14. The summed E-state index contributed by atoms with van der Waals surface area (Å²) in [6.45, 7) is 7.32. The Morgan fingerprint density at radius 3 is 3.00 bits per heavy atom. The zero-order valence-electron chi connectivity index (χ0n) is 12.8. The highest BCUT2D eigenvalue weighted by Gasteiger charge is 2.30. The van der Waals surface area contributed by atoms with Gasteiger partial charge < -0.3 is 9.73 Å². The first-order chi connectivity index (χ1) is 10.2. The van der Waals surface area contributed by atoms with Crippen molar-refractivity contribution in [2.45, 2.75) is 45.7 Å². The van der Waals surface area contributed by atoms with E-state index in [2.05, 4.69) is 52.5 Å². The van der Waals surface area contributed by atoms with Crippen molar-refractivity contribution in [1.29, 1.82) is 0 Å². The van der Waals surface area contributed by atoms with Crippen LogP contribution in [0.15, 0.2) is 28.7 Å². The fraction of sp³-hybridized carbons (Fsp3) is 0.500. The minimum atomic E-state index is 0.0827. The summed E-state index contributed by atoms with van der Waals surface area (Å²) in [6, 6.07) is 9.41. The Labute approximate surface area is 125 Å². The molecule has 0 saturated heterocycles. The fourth-order valence-electron chi connectivity index (χ4n) is 2.80. The summed E-state index contributed by atoms with van der Waals surface area (Å²) in [6.07, 6.45) is 2.10. The zero-order chi connectivity index (χ0) is 14.8. The number of rotatable bonds is 5. The summed E-state index contributed by atoms with van der Waals surface area (Å²) in [5.74, 6) is 0.648. The molecule has 2 atom stereocenters. The molecule has 21 heavy (non-hydrogen) atoms. The van der Waals surface area contributed by atoms with Crippen LogP contribution in [-0.4, -0.2) is 22.8 Å². The number of nitrogens with zero attached hydrogens (tertiary/aromatic N) is 3. The lowest BCUT2D eigenvalue weighted by Gasteiger charge is -2.19. The van der Waals surface area contributed by atoms with Gasteiger partial charge in [0.05, 0.1) is 6.04 Å². The molecule has 1 aliphatic heterocycles. The average Bonchev–Trinajstić information content (AvgIpc) is 3.07. The predicted molar refractivity (Wildman–Crippen MR) is 82.8 cm³/mol. The van der Waals surface area contributed by atoms with Gasteiger partial charge in [-0.2, -0.15) is 0 Å². The number of para-hydroxylation sites is 1. The second kappa shape index (κ2) is 5.85. The summed E-state index contributed by atoms with van der Waals surface area (Å²) in [7, 11) is 0. The fourth-order valence-corrected chi connectivity index (χ4v) is 2.80. The first kappa shape index (κ1) is 14.1. The molecule has 2 aromatic rings. The third-order valence-corrected chi connectivity index (χ3v) is 3.91. The normalized spacial score (nSPS) is 18.8. The van der Waals surface area contributed by atoms with E-state index >= 15 is 0 Å². The summed E-state index contributed by atoms with van der Waals surface area (Å²) < 4.78 is 5.89. The van der Waals surface area contributed by atoms with E-state index in [0.29, 0.717) is 17.9 Å². The number of aromatic nitrogens is 2. The highest BCUT2D eigenvalue weighted by Crippen LogP contribution is 2.37. The molecule has 5 heteroatoms. The van der Waals surface area contributed by atoms with Gasteiger partial charge >= 0.3 is 6.01 Å². The van der Waals surface area contributed by atoms with E-state index in [1.807, 2.05) is 13.0 Å². The second-order valence-electron chi connectivity index (χ2n) is 5.65. The maximum atomic E-state index is 5.89. The third-order valence-electron chi connectivity index (χ3n) is 3.91. The minimum Gasteiger partial charge on any atom is -0.406 e. The molecule has 2 unspecified atom stereocenters. The molecular formula is C16H22N4O. The summed E-state index contributed by atoms with van der Waals surface area (Å²) in [5, 5.41) is 11.8. The van der Waals surface area contributed by atoms with E-state index < -0.39 is 0 Å². The van der Waals surface area contributed by atoms with Gasteiger partial charge in [0.2, 0.25) is 5.89 Å². The lowest BCUT2D eigenvalue weighted by atomic mass is 10.1. The smallest absolute Gasteiger partial charge is 0.323 e. The maximum Gasteiger partial charge on any atom is 0.323 e. The molecule has 3 rings (SSSR count). The Kier molecular flexibility index (Phi) is 3.92. The van der Waals surface area contributed by atoms with Gasteiger partial charge in [-0.25, -0.2) is 0 Å². The predicted octanol–water partition coefficient (Wildman–Crippen LogP) is 3.21. The van der Waals surface area contributed by atoms with Crippen LogP contribution in [-0.2, 0) is 6.42 Å². The van der Waals surface area contributed by atoms with Crippen LogP contribution in [0, 0.1) is 0 Å². The van der Waals surface area contributed by atoms with Crippen molar-refractivity contribution >= 4 is 11.7 Å². The molecule has 1 aromatic carbocycles. The second-order valence-corrected chi connectivity index (χ2v) is 5.65. The van der Waals surface area contributed by atoms with Crippen molar-refractivity contribution in [3.63, 3.8) is 0 Å². The van der Waals surface area contributed by atoms with E-state index in [1.165, 1.54) is 11.3 Å². The van der Waals surface area contributed by atoms with Gasteiger partial charge in [0.15, 0.2) is 0 Å². The van der Waals surface area contributed by atoms with Crippen LogP contribution in [0.5, 0.6) is 0 Å². The molecule has 5 nitrogen and oxygen atoms in total. The van der Waals surface area contributed by atoms with Crippen molar-refractivity contribution in [1.82, 2.24) is 15.5 Å². The molecule has 1 aromatic heterocycles. The van der Waals surface area contributed by atoms with Crippen LogP contribution in [0.3, 0.4) is 0 Å². The van der Waals surface area contributed by atoms with Crippen LogP contribution in [0.2, 0.25) is 0 Å². The molecule has 0 fully saturated rings. The summed E-state index contributed by atoms with van der Waals surface area (Å²) in [5.41, 5.74) is 2.51. The maximum absolute atomic E-state index is 5.89. The Morgan fingerprint density at radius 1 is 1.38 bits per heavy atom. The number of fused-ring (bicyclic) bond motifs is 1. The van der Waals surface area contributed by atoms with Crippen molar-refractivity contribution in [3.8, 4) is 0 Å². The molecule has 1 N–H and O–H groups in total. The highest BCUT2D eigenvalue weighted by atomic mass is 16.4. The molecule has 0 saturated carbocycles. The first-order valence-corrected chi connectivity index (χ1v) is 7.64. The number of anilines is 2. The van der Waals surface area contributed by atoms with Gasteiger partial charge in [-0.15, -0.1) is 5.10 Å². The number of hydrogen-bond acceptors (Lipinski definition) is 5. The quantitative estimate of drug-likeness (QED) is 0.914. The molecule has 2 heterocycles. The SMILES string of the molecule is CCCNC(C)c1nnc(N2c3ccccc3CC2C)o1. The number of hydrogen-bond donors (Lipinski definition) is 1. The van der Waals surface area contributed by atoms with Crippen LogP contribution >= 0.6 is 0 Å². The monoisotopic (exact) mass is 286 g/mol. The van der Waals surface area contributed by atoms with E-state index in [1.54, 1.807) is 0 Å². The number of nitrogens with one attached hydrogen (secondary N) is 1. The third kappa shape index (κ3) is 2.65. The molecule has 0 radical (unpaired) electrons. The van der Waals surface area contributed by atoms with Gasteiger partial charge in [-0.3, -0.25) is 4.90 Å². The van der Waals surface area contributed by atoms with Crippen LogP contribution < -0.4 is 10.2 Å². The topological polar surface area (TPSA) is 54.2 Å². The van der Waals surface area contributed by atoms with E-state index in [0.717, 1.165) is 19.4 Å². The Morgan fingerprint density at radius 2 is 2.19 bits per heavy atom. The number of benzene rings is 1. The average molecular weight is 286 g/mol. The van der Waals surface area contributed by atoms with Crippen molar-refractivity contribution in [2.24, 2.45) is 0 Å². The molecule has 0 amide bonds. The summed E-state index contributed by atoms with van der Waals surface area (Å²) >= 11 is 0. The molecule has 0 spiro atoms. The standard InChI is InChI=1S/C16H22N4O/c1-4-9-17-12(3)15-18-19-16(21-15)20-11(2)10-13-7-5-6-8-14(13)20/h5-8,11-12,17H,4,9-10H2,1-3H3. The van der Waals surface area contributed by atoms with E-state index in [-0.39, 0.29) is 6.04 Å². The Hall–Kier alpha value is -1.88. The Balaban J connectivity index is 1.83. The van der Waals surface area contributed by atoms with Gasteiger partial charge in [0, 0.05) is 11.7 Å². The molecular weight excluding hydrogens is 264 g/mol. The van der Waals surface area contributed by atoms with Crippen molar-refractivity contribution < 1.29 is 4.42 Å². The van der Waals surface area contributed by atoms with Gasteiger partial charge in [0.1, 0.15) is 0 Å². The molecule has 0 aliphatic carbocycles. The van der Waals surface area contributed by atoms with Crippen LogP contribution in [0.25, 0.3) is 0 Å². The van der Waals surface area contributed by atoms with Gasteiger partial charge in [-0.05, 0) is 44.9 Å². The largest absolute Gasteiger partial charge is 0.406 e. The van der Waals surface area contributed by atoms with Crippen LogP contribution in [0.4, 0.5) is 11.7 Å². The Bertz CT molecular complexity index is 610. The first-order valence-electron chi connectivity index (χ1n) is 7.64. The van der Waals surface area contributed by atoms with Crippen LogP contribution in [0.1, 0.15) is 44.7 Å². The molecule has 0 bridgehead atoms. The molecule has 112 valence electrons. The van der Waals surface area contributed by atoms with Gasteiger partial charge in [0.25, 0.3) is 0 Å². The van der Waals surface area contributed by atoms with E-state index in [4.69, 9.17) is 4.42 Å². The zero-order valence-corrected chi connectivity index (χ0v) is 12.8. The lowest BCUT2D eigenvalue weighted by Crippen LogP contribution is -2.24. The van der Waals surface area contributed by atoms with Crippen molar-refractivity contribution in [2.75, 3.05) is 11.4 Å². The molecule has 1 aliphatic rings. The highest BCUT2D eigenvalue weighted by molar-refractivity contribution is 5.66. The van der Waals surface area contributed by atoms with E-state index in [9.17, 15) is 0 Å². The van der Waals surface area contributed by atoms with Gasteiger partial charge in [-0.1, -0.05) is 30.2 Å². The lowest BCUT2D eigenvalue weighted by molar-refractivity contribution is 0.416. The van der Waals surface area contributed by atoms with Crippen molar-refractivity contribution in [3.05, 3.63) is 35.7 Å².